The van der Waals surface area contributed by atoms with Crippen LogP contribution in [0.1, 0.15) is 0 Å². The molecule has 1 amide bonds. The molecule has 1 aromatic heterocycles. The Labute approximate surface area is 89.4 Å². The van der Waals surface area contributed by atoms with Crippen molar-refractivity contribution in [2.24, 2.45) is 0 Å². The average molecular weight is 260 g/mol. The highest BCUT2D eigenvalue weighted by atomic mass is 79.9. The van der Waals surface area contributed by atoms with Crippen molar-refractivity contribution >= 4 is 33.6 Å². The number of likely N-dealkylation sites (N-methyl/N-ethyl adjacent to an activating group) is 1. The van der Waals surface area contributed by atoms with Crippen LogP contribution < -0.4 is 16.4 Å². The van der Waals surface area contributed by atoms with Gasteiger partial charge in [0.15, 0.2) is 0 Å². The van der Waals surface area contributed by atoms with Crippen LogP contribution in [0.15, 0.2) is 10.7 Å². The number of halogens is 1. The van der Waals surface area contributed by atoms with Crippen molar-refractivity contribution in [3.8, 4) is 0 Å². The molecule has 0 aliphatic heterocycles. The first-order valence-electron chi connectivity index (χ1n) is 3.86. The Balaban J connectivity index is 2.66. The number of nitrogens with zero attached hydrogens (tertiary/aromatic N) is 2. The van der Waals surface area contributed by atoms with Crippen LogP contribution in [0.5, 0.6) is 0 Å². The summed E-state index contributed by atoms with van der Waals surface area (Å²) in [6, 6.07) is 0. The van der Waals surface area contributed by atoms with E-state index in [0.717, 1.165) is 0 Å². The van der Waals surface area contributed by atoms with Crippen molar-refractivity contribution in [1.29, 1.82) is 0 Å². The van der Waals surface area contributed by atoms with Crippen LogP contribution in [-0.2, 0) is 4.79 Å². The summed E-state index contributed by atoms with van der Waals surface area (Å²) in [5.41, 5.74) is 5.38. The van der Waals surface area contributed by atoms with Gasteiger partial charge in [-0.15, -0.1) is 0 Å². The molecule has 6 nitrogen and oxygen atoms in total. The van der Waals surface area contributed by atoms with E-state index < -0.39 is 0 Å². The molecule has 0 fully saturated rings. The third kappa shape index (κ3) is 2.84. The summed E-state index contributed by atoms with van der Waals surface area (Å²) in [5.74, 6) is 0.530. The lowest BCUT2D eigenvalue weighted by Gasteiger charge is -2.06. The largest absolute Gasteiger partial charge is 0.368 e. The Hall–Kier alpha value is -1.37. The van der Waals surface area contributed by atoms with Crippen molar-refractivity contribution < 1.29 is 4.79 Å². The molecule has 0 aromatic carbocycles. The van der Waals surface area contributed by atoms with Gasteiger partial charge in [-0.3, -0.25) is 4.79 Å². The minimum Gasteiger partial charge on any atom is -0.368 e. The summed E-state index contributed by atoms with van der Waals surface area (Å²) in [7, 11) is 1.56. The normalized spacial score (nSPS) is 9.57. The molecule has 4 N–H and O–H groups in total. The molecule has 1 aromatic rings. The number of nitrogen functional groups attached to an aromatic ring is 1. The predicted molar refractivity (Wildman–Crippen MR) is 56.7 cm³/mol. The van der Waals surface area contributed by atoms with Crippen molar-refractivity contribution in [2.45, 2.75) is 0 Å². The standard InChI is InChI=1S/C7H10BrN5O/c1-10-5(14)3-11-6-4(8)2-12-7(9)13-6/h2H,3H2,1H3,(H,10,14)(H3,9,11,12,13). The van der Waals surface area contributed by atoms with E-state index in [4.69, 9.17) is 5.73 Å². The van der Waals surface area contributed by atoms with E-state index >= 15 is 0 Å². The SMILES string of the molecule is CNC(=O)CNc1nc(N)ncc1Br. The van der Waals surface area contributed by atoms with E-state index in [-0.39, 0.29) is 18.4 Å². The first-order chi connectivity index (χ1) is 6.63. The number of anilines is 2. The summed E-state index contributed by atoms with van der Waals surface area (Å²) in [5, 5.41) is 5.29. The lowest BCUT2D eigenvalue weighted by Crippen LogP contribution is -2.26. The molecule has 0 saturated carbocycles. The lowest BCUT2D eigenvalue weighted by atomic mass is 10.5. The smallest absolute Gasteiger partial charge is 0.239 e. The molecule has 7 heteroatoms. The van der Waals surface area contributed by atoms with E-state index in [1.165, 1.54) is 6.20 Å². The van der Waals surface area contributed by atoms with Crippen LogP contribution in [-0.4, -0.2) is 29.5 Å². The van der Waals surface area contributed by atoms with Crippen LogP contribution in [0, 0.1) is 0 Å². The fraction of sp³-hybridized carbons (Fsp3) is 0.286. The maximum atomic E-state index is 10.9. The number of carbonyl (C=O) groups is 1. The van der Waals surface area contributed by atoms with Crippen LogP contribution in [0.2, 0.25) is 0 Å². The maximum Gasteiger partial charge on any atom is 0.239 e. The molecule has 14 heavy (non-hydrogen) atoms. The van der Waals surface area contributed by atoms with Crippen molar-refractivity contribution in [3.63, 3.8) is 0 Å². The van der Waals surface area contributed by atoms with Gasteiger partial charge in [0.25, 0.3) is 0 Å². The second-order valence-corrected chi connectivity index (χ2v) is 3.31. The molecular formula is C7H10BrN5O. The predicted octanol–water partition coefficient (Wildman–Crippen LogP) is -0.0208. The molecule has 0 aliphatic carbocycles. The maximum absolute atomic E-state index is 10.9. The molecule has 0 radical (unpaired) electrons. The quantitative estimate of drug-likeness (QED) is 0.710. The Kier molecular flexibility index (Phi) is 3.63. The number of rotatable bonds is 3. The highest BCUT2D eigenvalue weighted by Gasteiger charge is 2.04. The highest BCUT2D eigenvalue weighted by Crippen LogP contribution is 2.18. The summed E-state index contributed by atoms with van der Waals surface area (Å²) >= 11 is 3.23. The number of hydrogen-bond acceptors (Lipinski definition) is 5. The minimum atomic E-state index is -0.130. The van der Waals surface area contributed by atoms with Crippen molar-refractivity contribution in [1.82, 2.24) is 15.3 Å². The Morgan fingerprint density at radius 1 is 1.71 bits per heavy atom. The summed E-state index contributed by atoms with van der Waals surface area (Å²) in [4.78, 5) is 18.6. The fourth-order valence-electron chi connectivity index (χ4n) is 0.757. The lowest BCUT2D eigenvalue weighted by molar-refractivity contribution is -0.118. The Morgan fingerprint density at radius 3 is 3.07 bits per heavy atom. The van der Waals surface area contributed by atoms with Gasteiger partial charge in [0, 0.05) is 13.2 Å². The van der Waals surface area contributed by atoms with E-state index in [9.17, 15) is 4.79 Å². The third-order valence-corrected chi connectivity index (χ3v) is 2.04. The number of aromatic nitrogens is 2. The third-order valence-electron chi connectivity index (χ3n) is 1.46. The fourth-order valence-corrected chi connectivity index (χ4v) is 1.09. The van der Waals surface area contributed by atoms with Gasteiger partial charge in [-0.1, -0.05) is 0 Å². The number of hydrogen-bond donors (Lipinski definition) is 3. The molecule has 0 atom stereocenters. The van der Waals surface area contributed by atoms with Gasteiger partial charge < -0.3 is 16.4 Å². The number of carbonyl (C=O) groups excluding carboxylic acids is 1. The summed E-state index contributed by atoms with van der Waals surface area (Å²) in [6.45, 7) is 0.144. The Bertz CT molecular complexity index is 343. The van der Waals surface area contributed by atoms with Gasteiger partial charge in [0.05, 0.1) is 11.0 Å². The molecule has 1 heterocycles. The average Bonchev–Trinajstić information content (AvgIpc) is 2.19. The van der Waals surface area contributed by atoms with Gasteiger partial charge >= 0.3 is 0 Å². The van der Waals surface area contributed by atoms with Gasteiger partial charge in [0.1, 0.15) is 5.82 Å². The zero-order valence-corrected chi connectivity index (χ0v) is 9.13. The molecule has 76 valence electrons. The molecule has 1 rings (SSSR count). The molecule has 0 unspecified atom stereocenters. The van der Waals surface area contributed by atoms with E-state index in [1.807, 2.05) is 0 Å². The van der Waals surface area contributed by atoms with Crippen molar-refractivity contribution in [2.75, 3.05) is 24.6 Å². The molecule has 0 saturated heterocycles. The number of amides is 1. The van der Waals surface area contributed by atoms with Gasteiger partial charge in [-0.2, -0.15) is 4.98 Å². The van der Waals surface area contributed by atoms with E-state index in [2.05, 4.69) is 36.5 Å². The number of nitrogens with two attached hydrogens (primary N) is 1. The van der Waals surface area contributed by atoms with Crippen LogP contribution in [0.25, 0.3) is 0 Å². The van der Waals surface area contributed by atoms with Gasteiger partial charge in [-0.25, -0.2) is 4.98 Å². The molecule has 0 aliphatic rings. The topological polar surface area (TPSA) is 92.9 Å². The van der Waals surface area contributed by atoms with Crippen LogP contribution in [0.3, 0.4) is 0 Å². The first-order valence-corrected chi connectivity index (χ1v) is 4.65. The zero-order valence-electron chi connectivity index (χ0n) is 7.54. The van der Waals surface area contributed by atoms with Crippen LogP contribution in [0.4, 0.5) is 11.8 Å². The first kappa shape index (κ1) is 10.7. The van der Waals surface area contributed by atoms with Crippen LogP contribution >= 0.6 is 15.9 Å². The number of nitrogens with one attached hydrogen (secondary N) is 2. The summed E-state index contributed by atoms with van der Waals surface area (Å²) < 4.78 is 0.663. The minimum absolute atomic E-state index is 0.130. The van der Waals surface area contributed by atoms with Gasteiger partial charge in [0.2, 0.25) is 11.9 Å². The monoisotopic (exact) mass is 259 g/mol. The zero-order chi connectivity index (χ0) is 10.6. The van der Waals surface area contributed by atoms with Crippen molar-refractivity contribution in [3.05, 3.63) is 10.7 Å². The van der Waals surface area contributed by atoms with E-state index in [1.54, 1.807) is 7.05 Å². The second-order valence-electron chi connectivity index (χ2n) is 2.45. The molecule has 0 bridgehead atoms. The highest BCUT2D eigenvalue weighted by molar-refractivity contribution is 9.10. The summed E-state index contributed by atoms with van der Waals surface area (Å²) in [6.07, 6.45) is 1.52. The molecular weight excluding hydrogens is 250 g/mol. The Morgan fingerprint density at radius 2 is 2.43 bits per heavy atom. The molecule has 0 spiro atoms. The van der Waals surface area contributed by atoms with Gasteiger partial charge in [-0.05, 0) is 15.9 Å². The second kappa shape index (κ2) is 4.75. The van der Waals surface area contributed by atoms with E-state index in [0.29, 0.717) is 10.3 Å².